The third-order valence-electron chi connectivity index (χ3n) is 2.95. The van der Waals surface area contributed by atoms with Crippen LogP contribution in [0.4, 0.5) is 0 Å². The number of aryl methyl sites for hydroxylation is 2. The molecule has 0 radical (unpaired) electrons. The Hall–Kier alpha value is -1.33. The van der Waals surface area contributed by atoms with E-state index < -0.39 is 0 Å². The SMILES string of the molecule is CCn1nc(C)c(Br)c1COc1cccc(Cl)c1C=O. The predicted molar refractivity (Wildman–Crippen MR) is 81.5 cm³/mol. The van der Waals surface area contributed by atoms with Crippen molar-refractivity contribution < 1.29 is 9.53 Å². The summed E-state index contributed by atoms with van der Waals surface area (Å²) >= 11 is 9.47. The maximum Gasteiger partial charge on any atom is 0.155 e. The van der Waals surface area contributed by atoms with Crippen molar-refractivity contribution in [2.75, 3.05) is 0 Å². The first-order valence-corrected chi connectivity index (χ1v) is 7.33. The van der Waals surface area contributed by atoms with Crippen LogP contribution in [0, 0.1) is 6.92 Å². The van der Waals surface area contributed by atoms with Crippen LogP contribution in [0.1, 0.15) is 28.7 Å². The predicted octanol–water partition coefficient (Wildman–Crippen LogP) is 4.02. The Labute approximate surface area is 130 Å². The third kappa shape index (κ3) is 2.88. The fraction of sp³-hybridized carbons (Fsp3) is 0.286. The zero-order valence-corrected chi connectivity index (χ0v) is 13.5. The molecule has 1 heterocycles. The molecule has 0 bridgehead atoms. The highest BCUT2D eigenvalue weighted by Crippen LogP contribution is 2.27. The van der Waals surface area contributed by atoms with Gasteiger partial charge in [0.25, 0.3) is 0 Å². The van der Waals surface area contributed by atoms with Crippen molar-refractivity contribution >= 4 is 33.8 Å². The van der Waals surface area contributed by atoms with Gasteiger partial charge in [0.05, 0.1) is 26.4 Å². The number of hydrogen-bond donors (Lipinski definition) is 0. The molecular weight excluding hydrogens is 344 g/mol. The lowest BCUT2D eigenvalue weighted by Gasteiger charge is -2.10. The van der Waals surface area contributed by atoms with Crippen molar-refractivity contribution in [3.63, 3.8) is 0 Å². The Balaban J connectivity index is 2.25. The molecule has 1 aromatic heterocycles. The van der Waals surface area contributed by atoms with Gasteiger partial charge in [-0.15, -0.1) is 0 Å². The van der Waals surface area contributed by atoms with Crippen LogP contribution >= 0.6 is 27.5 Å². The van der Waals surface area contributed by atoms with Gasteiger partial charge in [-0.3, -0.25) is 9.48 Å². The van der Waals surface area contributed by atoms with E-state index in [-0.39, 0.29) is 0 Å². The molecule has 0 aliphatic rings. The number of hydrogen-bond acceptors (Lipinski definition) is 3. The molecule has 0 fully saturated rings. The van der Waals surface area contributed by atoms with Gasteiger partial charge in [0.1, 0.15) is 12.4 Å². The van der Waals surface area contributed by atoms with Crippen molar-refractivity contribution in [1.29, 1.82) is 0 Å². The highest BCUT2D eigenvalue weighted by atomic mass is 79.9. The standard InChI is InChI=1S/C14H14BrClN2O2/c1-3-18-12(14(15)9(2)17-18)8-20-13-6-4-5-11(16)10(13)7-19/h4-7H,3,8H2,1-2H3. The molecule has 0 atom stereocenters. The minimum Gasteiger partial charge on any atom is -0.486 e. The van der Waals surface area contributed by atoms with E-state index in [1.54, 1.807) is 18.2 Å². The number of carbonyl (C=O) groups excluding carboxylic acids is 1. The van der Waals surface area contributed by atoms with Crippen molar-refractivity contribution in [2.45, 2.75) is 27.0 Å². The zero-order valence-electron chi connectivity index (χ0n) is 11.2. The van der Waals surface area contributed by atoms with Crippen LogP contribution in [0.2, 0.25) is 5.02 Å². The molecule has 0 amide bonds. The number of aromatic nitrogens is 2. The average Bonchev–Trinajstić information content (AvgIpc) is 2.72. The van der Waals surface area contributed by atoms with Gasteiger partial charge >= 0.3 is 0 Å². The van der Waals surface area contributed by atoms with Gasteiger partial charge in [-0.25, -0.2) is 0 Å². The van der Waals surface area contributed by atoms with E-state index in [9.17, 15) is 4.79 Å². The van der Waals surface area contributed by atoms with E-state index in [0.29, 0.717) is 29.2 Å². The van der Waals surface area contributed by atoms with Crippen LogP contribution in [-0.2, 0) is 13.2 Å². The molecular formula is C14H14BrClN2O2. The van der Waals surface area contributed by atoms with Crippen LogP contribution in [0.5, 0.6) is 5.75 Å². The number of benzene rings is 1. The molecule has 6 heteroatoms. The first-order valence-electron chi connectivity index (χ1n) is 6.16. The third-order valence-corrected chi connectivity index (χ3v) is 4.31. The second-order valence-corrected chi connectivity index (χ2v) is 5.42. The molecule has 106 valence electrons. The van der Waals surface area contributed by atoms with Crippen LogP contribution in [0.25, 0.3) is 0 Å². The number of aldehydes is 1. The van der Waals surface area contributed by atoms with Crippen LogP contribution in [-0.4, -0.2) is 16.1 Å². The van der Waals surface area contributed by atoms with Gasteiger partial charge in [0.2, 0.25) is 0 Å². The zero-order chi connectivity index (χ0) is 14.7. The molecule has 4 nitrogen and oxygen atoms in total. The first-order chi connectivity index (χ1) is 9.58. The van der Waals surface area contributed by atoms with Gasteiger partial charge in [-0.1, -0.05) is 17.7 Å². The number of ether oxygens (including phenoxy) is 1. The summed E-state index contributed by atoms with van der Waals surface area (Å²) in [5, 5.41) is 4.78. The van der Waals surface area contributed by atoms with Gasteiger partial charge < -0.3 is 4.74 Å². The topological polar surface area (TPSA) is 44.1 Å². The molecule has 2 aromatic rings. The molecule has 0 unspecified atom stereocenters. The maximum absolute atomic E-state index is 11.1. The van der Waals surface area contributed by atoms with E-state index in [1.807, 2.05) is 18.5 Å². The fourth-order valence-corrected chi connectivity index (χ4v) is 2.52. The highest BCUT2D eigenvalue weighted by Gasteiger charge is 2.14. The monoisotopic (exact) mass is 356 g/mol. The molecule has 2 rings (SSSR count). The Morgan fingerprint density at radius 2 is 2.25 bits per heavy atom. The maximum atomic E-state index is 11.1. The van der Waals surface area contributed by atoms with Gasteiger partial charge in [-0.05, 0) is 41.9 Å². The van der Waals surface area contributed by atoms with Crippen molar-refractivity contribution in [2.24, 2.45) is 0 Å². The molecule has 0 spiro atoms. The van der Waals surface area contributed by atoms with Crippen LogP contribution < -0.4 is 4.74 Å². The number of rotatable bonds is 5. The largest absolute Gasteiger partial charge is 0.486 e. The minimum atomic E-state index is 0.316. The molecule has 0 N–H and O–H groups in total. The van der Waals surface area contributed by atoms with E-state index in [1.165, 1.54) is 0 Å². The summed E-state index contributed by atoms with van der Waals surface area (Å²) in [6.45, 7) is 5.01. The van der Waals surface area contributed by atoms with Gasteiger partial charge in [-0.2, -0.15) is 5.10 Å². The second kappa shape index (κ2) is 6.41. The summed E-state index contributed by atoms with van der Waals surface area (Å²) in [5.41, 5.74) is 2.21. The Bertz CT molecular complexity index is 640. The molecule has 0 saturated carbocycles. The number of nitrogens with zero attached hydrogens (tertiary/aromatic N) is 2. The van der Waals surface area contributed by atoms with E-state index >= 15 is 0 Å². The summed E-state index contributed by atoms with van der Waals surface area (Å²) < 4.78 is 8.52. The quantitative estimate of drug-likeness (QED) is 0.759. The van der Waals surface area contributed by atoms with Crippen molar-refractivity contribution in [1.82, 2.24) is 9.78 Å². The Morgan fingerprint density at radius 1 is 1.50 bits per heavy atom. The van der Waals surface area contributed by atoms with E-state index in [0.717, 1.165) is 22.4 Å². The van der Waals surface area contributed by atoms with Gasteiger partial charge in [0, 0.05) is 6.54 Å². The fourth-order valence-electron chi connectivity index (χ4n) is 1.91. The molecule has 20 heavy (non-hydrogen) atoms. The lowest BCUT2D eigenvalue weighted by atomic mass is 10.2. The lowest BCUT2D eigenvalue weighted by molar-refractivity contribution is 0.111. The summed E-state index contributed by atoms with van der Waals surface area (Å²) in [5.74, 6) is 0.473. The second-order valence-electron chi connectivity index (χ2n) is 4.22. The lowest BCUT2D eigenvalue weighted by Crippen LogP contribution is -2.07. The highest BCUT2D eigenvalue weighted by molar-refractivity contribution is 9.10. The van der Waals surface area contributed by atoms with Gasteiger partial charge in [0.15, 0.2) is 6.29 Å². The van der Waals surface area contributed by atoms with E-state index in [4.69, 9.17) is 16.3 Å². The Kier molecular flexibility index (Phi) is 4.83. The number of halogens is 2. The summed E-state index contributed by atoms with van der Waals surface area (Å²) in [6, 6.07) is 5.14. The Morgan fingerprint density at radius 3 is 2.90 bits per heavy atom. The molecule has 0 aliphatic carbocycles. The molecule has 1 aromatic carbocycles. The first kappa shape index (κ1) is 15.1. The van der Waals surface area contributed by atoms with Crippen LogP contribution in [0.15, 0.2) is 22.7 Å². The average molecular weight is 358 g/mol. The van der Waals surface area contributed by atoms with Crippen molar-refractivity contribution in [3.8, 4) is 5.75 Å². The van der Waals surface area contributed by atoms with Crippen molar-refractivity contribution in [3.05, 3.63) is 44.6 Å². The molecule has 0 aliphatic heterocycles. The summed E-state index contributed by atoms with van der Waals surface area (Å²) in [4.78, 5) is 11.1. The normalized spacial score (nSPS) is 10.6. The number of carbonyl (C=O) groups is 1. The summed E-state index contributed by atoms with van der Waals surface area (Å²) in [6.07, 6.45) is 0.703. The minimum absolute atomic E-state index is 0.316. The molecule has 0 saturated heterocycles. The summed E-state index contributed by atoms with van der Waals surface area (Å²) in [7, 11) is 0. The smallest absolute Gasteiger partial charge is 0.155 e. The van der Waals surface area contributed by atoms with Crippen LogP contribution in [0.3, 0.4) is 0 Å². The van der Waals surface area contributed by atoms with E-state index in [2.05, 4.69) is 21.0 Å².